The lowest BCUT2D eigenvalue weighted by Crippen LogP contribution is -2.45. The smallest absolute Gasteiger partial charge is 0.225 e. The van der Waals surface area contributed by atoms with Gasteiger partial charge in [-0.05, 0) is 38.3 Å². The molecule has 2 heterocycles. The topological polar surface area (TPSA) is 78.9 Å². The molecule has 7 nitrogen and oxygen atoms in total. The number of carbonyl (C=O) groups is 1. The van der Waals surface area contributed by atoms with Gasteiger partial charge in [-0.3, -0.25) is 9.78 Å². The van der Waals surface area contributed by atoms with Gasteiger partial charge in [-0.1, -0.05) is 19.3 Å². The quantitative estimate of drug-likeness (QED) is 0.253. The summed E-state index contributed by atoms with van der Waals surface area (Å²) in [6.07, 6.45) is 10.2. The van der Waals surface area contributed by atoms with Gasteiger partial charge in [0.15, 0.2) is 5.96 Å². The fraction of sp³-hybridized carbons (Fsp3) is 0.667. The van der Waals surface area contributed by atoms with Gasteiger partial charge in [-0.15, -0.1) is 24.0 Å². The van der Waals surface area contributed by atoms with Gasteiger partial charge in [0.25, 0.3) is 0 Å². The van der Waals surface area contributed by atoms with Crippen molar-refractivity contribution in [1.82, 2.24) is 20.5 Å². The van der Waals surface area contributed by atoms with E-state index < -0.39 is 0 Å². The van der Waals surface area contributed by atoms with E-state index in [1.54, 1.807) is 12.4 Å². The Balaban J connectivity index is 0.00000300. The molecule has 1 aliphatic carbocycles. The Kier molecular flexibility index (Phi) is 10.5. The Hall–Kier alpha value is -1.58. The minimum Gasteiger partial charge on any atom is -0.490 e. The molecule has 0 radical (unpaired) electrons. The molecular weight excluding hydrogens is 481 g/mol. The van der Waals surface area contributed by atoms with Crippen LogP contribution in [-0.4, -0.2) is 60.6 Å². The van der Waals surface area contributed by atoms with Gasteiger partial charge < -0.3 is 20.3 Å². The molecular formula is C21H34IN5O2. The van der Waals surface area contributed by atoms with Crippen LogP contribution in [0.4, 0.5) is 0 Å². The first-order chi connectivity index (χ1) is 13.8. The van der Waals surface area contributed by atoms with E-state index >= 15 is 0 Å². The molecule has 1 aromatic rings. The number of nitrogens with zero attached hydrogens (tertiary/aromatic N) is 3. The third-order valence-electron chi connectivity index (χ3n) is 5.40. The molecule has 0 spiro atoms. The average Bonchev–Trinajstić information content (AvgIpc) is 3.20. The van der Waals surface area contributed by atoms with E-state index in [0.29, 0.717) is 19.1 Å². The van der Waals surface area contributed by atoms with Crippen LogP contribution in [0.3, 0.4) is 0 Å². The molecule has 29 heavy (non-hydrogen) atoms. The Morgan fingerprint density at radius 1 is 1.31 bits per heavy atom. The van der Waals surface area contributed by atoms with Gasteiger partial charge in [-0.2, -0.15) is 0 Å². The fourth-order valence-corrected chi connectivity index (χ4v) is 3.95. The molecule has 1 saturated heterocycles. The summed E-state index contributed by atoms with van der Waals surface area (Å²) >= 11 is 0. The van der Waals surface area contributed by atoms with Crippen LogP contribution in [-0.2, 0) is 4.79 Å². The number of nitrogens with one attached hydrogen (secondary N) is 2. The third kappa shape index (κ3) is 7.64. The van der Waals surface area contributed by atoms with E-state index in [-0.39, 0.29) is 35.9 Å². The summed E-state index contributed by atoms with van der Waals surface area (Å²) in [5.41, 5.74) is 0. The normalized spacial score (nSPS) is 20.1. The molecule has 0 bridgehead atoms. The predicted molar refractivity (Wildman–Crippen MR) is 126 cm³/mol. The second-order valence-corrected chi connectivity index (χ2v) is 7.55. The highest BCUT2D eigenvalue weighted by atomic mass is 127. The fourth-order valence-electron chi connectivity index (χ4n) is 3.95. The van der Waals surface area contributed by atoms with Crippen LogP contribution in [0.2, 0.25) is 0 Å². The lowest BCUT2D eigenvalue weighted by Gasteiger charge is -2.26. The molecule has 3 rings (SSSR count). The highest BCUT2D eigenvalue weighted by Gasteiger charge is 2.31. The van der Waals surface area contributed by atoms with Crippen LogP contribution in [0.15, 0.2) is 29.5 Å². The maximum atomic E-state index is 12.7. The zero-order chi connectivity index (χ0) is 19.6. The van der Waals surface area contributed by atoms with Crippen molar-refractivity contribution in [1.29, 1.82) is 0 Å². The highest BCUT2D eigenvalue weighted by molar-refractivity contribution is 14.0. The molecule has 1 aliphatic heterocycles. The van der Waals surface area contributed by atoms with Crippen LogP contribution < -0.4 is 15.4 Å². The first-order valence-electron chi connectivity index (χ1n) is 10.6. The number of guanidine groups is 1. The molecule has 0 aromatic carbocycles. The van der Waals surface area contributed by atoms with E-state index in [1.165, 1.54) is 19.3 Å². The van der Waals surface area contributed by atoms with E-state index in [9.17, 15) is 4.79 Å². The summed E-state index contributed by atoms with van der Waals surface area (Å²) < 4.78 is 5.64. The second kappa shape index (κ2) is 12.9. The number of carbonyl (C=O) groups excluding carboxylic acids is 1. The van der Waals surface area contributed by atoms with Crippen molar-refractivity contribution in [2.24, 2.45) is 10.9 Å². The number of aliphatic imine (C=N–C) groups is 1. The van der Waals surface area contributed by atoms with Crippen LogP contribution in [0.1, 0.15) is 45.4 Å². The van der Waals surface area contributed by atoms with Crippen molar-refractivity contribution in [3.63, 3.8) is 0 Å². The van der Waals surface area contributed by atoms with Crippen molar-refractivity contribution in [2.45, 2.75) is 51.5 Å². The first kappa shape index (κ1) is 23.7. The number of hydrogen-bond acceptors (Lipinski definition) is 4. The SMILES string of the molecule is CCNC(=NCCOc1cccnc1)NC1CCN(C(=O)C2CCCCC2)C1.I. The summed E-state index contributed by atoms with van der Waals surface area (Å²) in [5.74, 6) is 2.15. The highest BCUT2D eigenvalue weighted by Crippen LogP contribution is 2.26. The monoisotopic (exact) mass is 515 g/mol. The molecule has 162 valence electrons. The number of likely N-dealkylation sites (tertiary alicyclic amines) is 1. The van der Waals surface area contributed by atoms with E-state index in [4.69, 9.17) is 4.74 Å². The number of halogens is 1. The minimum atomic E-state index is 0. The van der Waals surface area contributed by atoms with Gasteiger partial charge >= 0.3 is 0 Å². The van der Waals surface area contributed by atoms with E-state index in [0.717, 1.165) is 50.6 Å². The van der Waals surface area contributed by atoms with Gasteiger partial charge in [0.1, 0.15) is 12.4 Å². The zero-order valence-electron chi connectivity index (χ0n) is 17.3. The first-order valence-corrected chi connectivity index (χ1v) is 10.6. The Labute approximate surface area is 191 Å². The van der Waals surface area contributed by atoms with Crippen molar-refractivity contribution < 1.29 is 9.53 Å². The molecule has 1 amide bonds. The second-order valence-electron chi connectivity index (χ2n) is 7.55. The van der Waals surface area contributed by atoms with E-state index in [2.05, 4.69) is 27.5 Å². The van der Waals surface area contributed by atoms with Gasteiger partial charge in [-0.25, -0.2) is 4.99 Å². The summed E-state index contributed by atoms with van der Waals surface area (Å²) in [6, 6.07) is 3.99. The largest absolute Gasteiger partial charge is 0.490 e. The molecule has 2 fully saturated rings. The Morgan fingerprint density at radius 2 is 2.14 bits per heavy atom. The molecule has 1 atom stereocenters. The van der Waals surface area contributed by atoms with E-state index in [1.807, 2.05) is 17.0 Å². The molecule has 8 heteroatoms. The molecule has 1 saturated carbocycles. The van der Waals surface area contributed by atoms with Crippen LogP contribution in [0.25, 0.3) is 0 Å². The number of pyridine rings is 1. The van der Waals surface area contributed by atoms with Crippen molar-refractivity contribution in [3.05, 3.63) is 24.5 Å². The number of aromatic nitrogens is 1. The third-order valence-corrected chi connectivity index (χ3v) is 5.40. The van der Waals surface area contributed by atoms with Crippen LogP contribution in [0.5, 0.6) is 5.75 Å². The number of ether oxygens (including phenoxy) is 1. The summed E-state index contributed by atoms with van der Waals surface area (Å²) in [5, 5.41) is 6.76. The van der Waals surface area contributed by atoms with Crippen LogP contribution >= 0.6 is 24.0 Å². The number of rotatable bonds is 7. The minimum absolute atomic E-state index is 0. The Bertz CT molecular complexity index is 637. The molecule has 2 aliphatic rings. The molecule has 1 aromatic heterocycles. The maximum absolute atomic E-state index is 12.7. The van der Waals surface area contributed by atoms with Gasteiger partial charge in [0.05, 0.1) is 12.7 Å². The van der Waals surface area contributed by atoms with Crippen molar-refractivity contribution in [2.75, 3.05) is 32.8 Å². The lowest BCUT2D eigenvalue weighted by atomic mass is 9.88. The summed E-state index contributed by atoms with van der Waals surface area (Å²) in [6.45, 7) is 5.52. The summed E-state index contributed by atoms with van der Waals surface area (Å²) in [4.78, 5) is 23.4. The van der Waals surface area contributed by atoms with Crippen LogP contribution in [0, 0.1) is 5.92 Å². The number of amides is 1. The maximum Gasteiger partial charge on any atom is 0.225 e. The lowest BCUT2D eigenvalue weighted by molar-refractivity contribution is -0.135. The Morgan fingerprint density at radius 3 is 2.86 bits per heavy atom. The van der Waals surface area contributed by atoms with Gasteiger partial charge in [0, 0.05) is 37.8 Å². The average molecular weight is 515 g/mol. The van der Waals surface area contributed by atoms with Gasteiger partial charge in [0.2, 0.25) is 5.91 Å². The molecule has 2 N–H and O–H groups in total. The molecule has 1 unspecified atom stereocenters. The summed E-state index contributed by atoms with van der Waals surface area (Å²) in [7, 11) is 0. The van der Waals surface area contributed by atoms with Crippen molar-refractivity contribution in [3.8, 4) is 5.75 Å². The van der Waals surface area contributed by atoms with Crippen molar-refractivity contribution >= 4 is 35.8 Å². The zero-order valence-corrected chi connectivity index (χ0v) is 19.6. The predicted octanol–water partition coefficient (Wildman–Crippen LogP) is 2.81. The standard InChI is InChI=1S/C21H33N5O2.HI/c1-2-23-21(24-12-14-28-19-9-6-11-22-15-19)25-18-10-13-26(16-18)20(27)17-7-4-3-5-8-17;/h6,9,11,15,17-18H,2-5,7-8,10,12-14,16H2,1H3,(H2,23,24,25);1H. The number of hydrogen-bond donors (Lipinski definition) is 2.